The van der Waals surface area contributed by atoms with E-state index in [4.69, 9.17) is 10.5 Å². The molecule has 0 saturated heterocycles. The Morgan fingerprint density at radius 2 is 1.79 bits per heavy atom. The van der Waals surface area contributed by atoms with Crippen LogP contribution in [0.2, 0.25) is 0 Å². The number of nitrogens with one attached hydrogen (secondary N) is 1. The minimum Gasteiger partial charge on any atom is -0.462 e. The Labute approximate surface area is 163 Å². The van der Waals surface area contributed by atoms with Crippen molar-refractivity contribution in [3.8, 4) is 5.69 Å². The molecule has 0 bridgehead atoms. The van der Waals surface area contributed by atoms with Gasteiger partial charge in [0.05, 0.1) is 18.5 Å². The van der Waals surface area contributed by atoms with E-state index in [2.05, 4.69) is 10.4 Å². The maximum atomic E-state index is 12.3. The molecule has 0 unspecified atom stereocenters. The number of hydrogen-bond acceptors (Lipinski definition) is 5. The first-order valence-electron chi connectivity index (χ1n) is 8.94. The second-order valence-corrected chi connectivity index (χ2v) is 6.29. The van der Waals surface area contributed by atoms with Crippen LogP contribution >= 0.6 is 0 Å². The third kappa shape index (κ3) is 4.20. The molecular weight excluding hydrogens is 356 g/mol. The molecule has 0 saturated carbocycles. The summed E-state index contributed by atoms with van der Waals surface area (Å²) < 4.78 is 6.38. The number of ether oxygens (including phenoxy) is 1. The van der Waals surface area contributed by atoms with Gasteiger partial charge in [-0.3, -0.25) is 4.79 Å². The Balaban J connectivity index is 1.68. The van der Waals surface area contributed by atoms with Crippen molar-refractivity contribution in [1.29, 1.82) is 0 Å². The van der Waals surface area contributed by atoms with E-state index in [0.717, 1.165) is 5.56 Å². The summed E-state index contributed by atoms with van der Waals surface area (Å²) in [5.41, 5.74) is 9.59. The summed E-state index contributed by atoms with van der Waals surface area (Å²) in [6.07, 6.45) is 1.37. The van der Waals surface area contributed by atoms with Crippen molar-refractivity contribution in [2.75, 3.05) is 12.3 Å². The topological polar surface area (TPSA) is 99.2 Å². The number of carbonyl (C=O) groups excluding carboxylic acids is 2. The predicted molar refractivity (Wildman–Crippen MR) is 106 cm³/mol. The van der Waals surface area contributed by atoms with Gasteiger partial charge in [-0.1, -0.05) is 29.8 Å². The molecule has 1 heterocycles. The average molecular weight is 378 g/mol. The lowest BCUT2D eigenvalue weighted by atomic mass is 10.1. The summed E-state index contributed by atoms with van der Waals surface area (Å²) in [5.74, 6) is -0.499. The highest BCUT2D eigenvalue weighted by atomic mass is 16.5. The molecule has 3 aromatic rings. The number of hydrogen-bond donors (Lipinski definition) is 2. The number of anilines is 1. The molecule has 2 aromatic carbocycles. The number of benzene rings is 2. The molecule has 1 amide bonds. The minimum atomic E-state index is -0.515. The molecule has 0 radical (unpaired) electrons. The molecule has 28 heavy (non-hydrogen) atoms. The number of esters is 1. The minimum absolute atomic E-state index is 0.173. The van der Waals surface area contributed by atoms with Crippen LogP contribution in [0.15, 0.2) is 54.7 Å². The van der Waals surface area contributed by atoms with E-state index in [1.165, 1.54) is 16.4 Å². The van der Waals surface area contributed by atoms with Gasteiger partial charge >= 0.3 is 5.97 Å². The molecule has 0 fully saturated rings. The molecule has 0 atom stereocenters. The molecule has 0 aliphatic rings. The molecule has 3 rings (SSSR count). The molecule has 144 valence electrons. The van der Waals surface area contributed by atoms with Crippen molar-refractivity contribution < 1.29 is 14.3 Å². The Morgan fingerprint density at radius 1 is 1.11 bits per heavy atom. The fourth-order valence-electron chi connectivity index (χ4n) is 2.67. The summed E-state index contributed by atoms with van der Waals surface area (Å²) in [6.45, 7) is 4.46. The smallest absolute Gasteiger partial charge is 0.343 e. The summed E-state index contributed by atoms with van der Waals surface area (Å²) in [4.78, 5) is 24.2. The quantitative estimate of drug-likeness (QED) is 0.643. The maximum Gasteiger partial charge on any atom is 0.343 e. The maximum absolute atomic E-state index is 12.3. The summed E-state index contributed by atoms with van der Waals surface area (Å²) in [5, 5.41) is 7.03. The number of rotatable bonds is 6. The highest BCUT2D eigenvalue weighted by Gasteiger charge is 2.17. The van der Waals surface area contributed by atoms with Crippen LogP contribution in [0.5, 0.6) is 0 Å². The van der Waals surface area contributed by atoms with Crippen LogP contribution in [-0.2, 0) is 11.3 Å². The Bertz CT molecular complexity index is 976. The van der Waals surface area contributed by atoms with Gasteiger partial charge in [0, 0.05) is 12.1 Å². The van der Waals surface area contributed by atoms with Gasteiger partial charge < -0.3 is 15.8 Å². The monoisotopic (exact) mass is 378 g/mol. The van der Waals surface area contributed by atoms with Crippen LogP contribution in [0.25, 0.3) is 5.69 Å². The zero-order chi connectivity index (χ0) is 20.1. The molecule has 1 aromatic heterocycles. The number of nitrogens with zero attached hydrogens (tertiary/aromatic N) is 2. The van der Waals surface area contributed by atoms with Crippen LogP contribution in [-0.4, -0.2) is 28.3 Å². The fraction of sp³-hybridized carbons (Fsp3) is 0.190. The fourth-order valence-corrected chi connectivity index (χ4v) is 2.67. The molecule has 0 aliphatic heterocycles. The van der Waals surface area contributed by atoms with Crippen molar-refractivity contribution in [2.45, 2.75) is 20.4 Å². The van der Waals surface area contributed by atoms with E-state index in [-0.39, 0.29) is 23.9 Å². The largest absolute Gasteiger partial charge is 0.462 e. The first-order chi connectivity index (χ1) is 13.5. The second kappa shape index (κ2) is 8.39. The Kier molecular flexibility index (Phi) is 5.74. The average Bonchev–Trinajstić information content (AvgIpc) is 3.09. The van der Waals surface area contributed by atoms with Crippen molar-refractivity contribution >= 4 is 17.7 Å². The van der Waals surface area contributed by atoms with E-state index in [1.807, 2.05) is 31.2 Å². The summed E-state index contributed by atoms with van der Waals surface area (Å²) >= 11 is 0. The highest BCUT2D eigenvalue weighted by Crippen LogP contribution is 2.18. The number of nitrogens with two attached hydrogens (primary N) is 1. The van der Waals surface area contributed by atoms with Crippen LogP contribution < -0.4 is 11.1 Å². The van der Waals surface area contributed by atoms with Gasteiger partial charge in [0.2, 0.25) is 0 Å². The van der Waals surface area contributed by atoms with Crippen molar-refractivity contribution in [1.82, 2.24) is 15.1 Å². The van der Waals surface area contributed by atoms with E-state index in [9.17, 15) is 9.59 Å². The third-order valence-electron chi connectivity index (χ3n) is 4.25. The lowest BCUT2D eigenvalue weighted by Crippen LogP contribution is -2.22. The van der Waals surface area contributed by atoms with Gasteiger partial charge in [0.25, 0.3) is 5.91 Å². The van der Waals surface area contributed by atoms with Crippen molar-refractivity contribution in [2.24, 2.45) is 0 Å². The molecular formula is C21H22N4O3. The first-order valence-corrected chi connectivity index (χ1v) is 8.94. The summed E-state index contributed by atoms with van der Waals surface area (Å²) in [6, 6.07) is 14.8. The second-order valence-electron chi connectivity index (χ2n) is 6.29. The zero-order valence-corrected chi connectivity index (χ0v) is 15.8. The molecule has 0 aliphatic carbocycles. The Hall–Kier alpha value is -3.61. The van der Waals surface area contributed by atoms with E-state index in [1.54, 1.807) is 31.2 Å². The van der Waals surface area contributed by atoms with Gasteiger partial charge in [0.15, 0.2) is 0 Å². The first kappa shape index (κ1) is 19.2. The molecule has 3 N–H and O–H groups in total. The SMILES string of the molecule is CCOC(=O)c1cnn(-c2ccc(C(=O)NCc3ccc(C)cc3)cc2)c1N. The van der Waals surface area contributed by atoms with Crippen molar-refractivity contribution in [3.05, 3.63) is 77.0 Å². The van der Waals surface area contributed by atoms with Crippen LogP contribution in [0.1, 0.15) is 38.8 Å². The van der Waals surface area contributed by atoms with E-state index >= 15 is 0 Å². The van der Waals surface area contributed by atoms with Crippen LogP contribution in [0.4, 0.5) is 5.82 Å². The normalized spacial score (nSPS) is 10.5. The predicted octanol–water partition coefficient (Wildman–Crippen LogP) is 2.87. The number of aromatic nitrogens is 2. The van der Waals surface area contributed by atoms with Crippen LogP contribution in [0, 0.1) is 6.92 Å². The van der Waals surface area contributed by atoms with Gasteiger partial charge in [0.1, 0.15) is 11.4 Å². The number of amides is 1. The Morgan fingerprint density at radius 3 is 2.43 bits per heavy atom. The summed E-state index contributed by atoms with van der Waals surface area (Å²) in [7, 11) is 0. The molecule has 7 heteroatoms. The standard InChI is InChI=1S/C21H22N4O3/c1-3-28-21(27)18-13-24-25(19(18)22)17-10-8-16(9-11-17)20(26)23-12-15-6-4-14(2)5-7-15/h4-11,13H,3,12,22H2,1-2H3,(H,23,26). The molecule has 7 nitrogen and oxygen atoms in total. The van der Waals surface area contributed by atoms with Gasteiger partial charge in [-0.25, -0.2) is 9.48 Å². The van der Waals surface area contributed by atoms with Gasteiger partial charge in [-0.15, -0.1) is 0 Å². The van der Waals surface area contributed by atoms with Gasteiger partial charge in [-0.2, -0.15) is 5.10 Å². The lowest BCUT2D eigenvalue weighted by molar-refractivity contribution is 0.0527. The van der Waals surface area contributed by atoms with Crippen LogP contribution in [0.3, 0.4) is 0 Å². The number of nitrogen functional groups attached to an aromatic ring is 1. The third-order valence-corrected chi connectivity index (χ3v) is 4.25. The molecule has 0 spiro atoms. The van der Waals surface area contributed by atoms with Crippen molar-refractivity contribution in [3.63, 3.8) is 0 Å². The van der Waals surface area contributed by atoms with Gasteiger partial charge in [-0.05, 0) is 43.7 Å². The highest BCUT2D eigenvalue weighted by molar-refractivity contribution is 5.95. The number of carbonyl (C=O) groups is 2. The van der Waals surface area contributed by atoms with E-state index in [0.29, 0.717) is 17.8 Å². The zero-order valence-electron chi connectivity index (χ0n) is 15.8. The van der Waals surface area contributed by atoms with E-state index < -0.39 is 5.97 Å². The number of aryl methyl sites for hydroxylation is 1. The lowest BCUT2D eigenvalue weighted by Gasteiger charge is -2.08.